The quantitative estimate of drug-likeness (QED) is 0.703. The molecule has 1 nitrogen and oxygen atoms in total. The van der Waals surface area contributed by atoms with E-state index in [1.54, 1.807) is 0 Å². The molecule has 0 unspecified atom stereocenters. The number of aromatic nitrogens is 1. The van der Waals surface area contributed by atoms with Gasteiger partial charge in [-0.05, 0) is 34.4 Å². The highest BCUT2D eigenvalue weighted by molar-refractivity contribution is 9.10. The van der Waals surface area contributed by atoms with Crippen LogP contribution in [0.3, 0.4) is 0 Å². The van der Waals surface area contributed by atoms with Crippen LogP contribution in [0, 0.1) is 0 Å². The highest BCUT2D eigenvalue weighted by Crippen LogP contribution is 2.50. The molecule has 0 atom stereocenters. The van der Waals surface area contributed by atoms with Gasteiger partial charge in [0.2, 0.25) is 0 Å². The summed E-state index contributed by atoms with van der Waals surface area (Å²) in [5.74, 6) is 0. The van der Waals surface area contributed by atoms with E-state index in [1.165, 1.54) is 26.7 Å². The van der Waals surface area contributed by atoms with Gasteiger partial charge in [0.05, 0.1) is 0 Å². The molecule has 1 aliphatic carbocycles. The van der Waals surface area contributed by atoms with Crippen molar-refractivity contribution in [3.63, 3.8) is 0 Å². The fraction of sp³-hybridized carbons (Fsp3) is 0.214. The molecule has 2 heteroatoms. The molecule has 0 N–H and O–H groups in total. The van der Waals surface area contributed by atoms with E-state index >= 15 is 0 Å². The van der Waals surface area contributed by atoms with Gasteiger partial charge >= 0.3 is 0 Å². The second-order valence-corrected chi connectivity index (χ2v) is 5.56. The Hall–Kier alpha value is -1.15. The Kier molecular flexibility index (Phi) is 1.99. The van der Waals surface area contributed by atoms with Crippen LogP contribution in [0.1, 0.15) is 25.0 Å². The SMILES string of the molecule is CC1(C)c2cnccc2-c2cccc(Br)c21. The fourth-order valence-electron chi connectivity index (χ4n) is 2.65. The zero-order valence-corrected chi connectivity index (χ0v) is 10.9. The molecule has 0 bridgehead atoms. The van der Waals surface area contributed by atoms with Crippen molar-refractivity contribution < 1.29 is 0 Å². The monoisotopic (exact) mass is 273 g/mol. The van der Waals surface area contributed by atoms with Crippen LogP contribution in [-0.4, -0.2) is 4.98 Å². The fourth-order valence-corrected chi connectivity index (χ4v) is 3.51. The molecule has 0 radical (unpaired) electrons. The number of fused-ring (bicyclic) bond motifs is 3. The van der Waals surface area contributed by atoms with E-state index in [0.29, 0.717) is 0 Å². The van der Waals surface area contributed by atoms with Gasteiger partial charge in [0, 0.05) is 22.3 Å². The summed E-state index contributed by atoms with van der Waals surface area (Å²) in [7, 11) is 0. The van der Waals surface area contributed by atoms with Crippen molar-refractivity contribution in [1.29, 1.82) is 0 Å². The first-order chi connectivity index (χ1) is 7.62. The van der Waals surface area contributed by atoms with Gasteiger partial charge in [-0.25, -0.2) is 0 Å². The van der Waals surface area contributed by atoms with Gasteiger partial charge in [-0.1, -0.05) is 41.9 Å². The second kappa shape index (κ2) is 3.17. The normalized spacial score (nSPS) is 15.7. The Labute approximate surface area is 104 Å². The molecule has 0 amide bonds. The molecular weight excluding hydrogens is 262 g/mol. The lowest BCUT2D eigenvalue weighted by Crippen LogP contribution is -2.15. The van der Waals surface area contributed by atoms with Gasteiger partial charge < -0.3 is 0 Å². The molecule has 3 rings (SSSR count). The molecular formula is C14H12BrN. The predicted molar refractivity (Wildman–Crippen MR) is 69.5 cm³/mol. The molecule has 2 aromatic rings. The van der Waals surface area contributed by atoms with Crippen LogP contribution in [-0.2, 0) is 5.41 Å². The van der Waals surface area contributed by atoms with Gasteiger partial charge in [0.15, 0.2) is 0 Å². The van der Waals surface area contributed by atoms with E-state index in [9.17, 15) is 0 Å². The molecule has 1 aromatic heterocycles. The van der Waals surface area contributed by atoms with E-state index < -0.39 is 0 Å². The van der Waals surface area contributed by atoms with E-state index in [4.69, 9.17) is 0 Å². The van der Waals surface area contributed by atoms with Crippen molar-refractivity contribution in [3.05, 3.63) is 52.3 Å². The zero-order chi connectivity index (χ0) is 11.3. The number of hydrogen-bond donors (Lipinski definition) is 0. The van der Waals surface area contributed by atoms with Crippen molar-refractivity contribution in [2.24, 2.45) is 0 Å². The van der Waals surface area contributed by atoms with E-state index in [2.05, 4.69) is 59.0 Å². The van der Waals surface area contributed by atoms with Crippen LogP contribution in [0.2, 0.25) is 0 Å². The van der Waals surface area contributed by atoms with E-state index in [0.717, 1.165) is 0 Å². The summed E-state index contributed by atoms with van der Waals surface area (Å²) in [5, 5.41) is 0. The van der Waals surface area contributed by atoms with Crippen molar-refractivity contribution in [3.8, 4) is 11.1 Å². The minimum absolute atomic E-state index is 0.0407. The summed E-state index contributed by atoms with van der Waals surface area (Å²) in [5.41, 5.74) is 5.38. The molecule has 0 spiro atoms. The second-order valence-electron chi connectivity index (χ2n) is 4.71. The smallest absolute Gasteiger partial charge is 0.0314 e. The van der Waals surface area contributed by atoms with Gasteiger partial charge in [-0.3, -0.25) is 4.98 Å². The number of hydrogen-bond acceptors (Lipinski definition) is 1. The third-order valence-electron chi connectivity index (χ3n) is 3.42. The number of pyridine rings is 1. The summed E-state index contributed by atoms with van der Waals surface area (Å²) in [4.78, 5) is 4.25. The largest absolute Gasteiger partial charge is 0.264 e. The van der Waals surface area contributed by atoms with Crippen LogP contribution in [0.15, 0.2) is 41.1 Å². The van der Waals surface area contributed by atoms with Crippen molar-refractivity contribution in [2.75, 3.05) is 0 Å². The van der Waals surface area contributed by atoms with E-state index in [1.807, 2.05) is 12.4 Å². The van der Waals surface area contributed by atoms with Crippen LogP contribution in [0.5, 0.6) is 0 Å². The van der Waals surface area contributed by atoms with Crippen LogP contribution in [0.25, 0.3) is 11.1 Å². The average Bonchev–Trinajstić information content (AvgIpc) is 2.50. The number of nitrogens with zero attached hydrogens (tertiary/aromatic N) is 1. The molecule has 1 aromatic carbocycles. The lowest BCUT2D eigenvalue weighted by molar-refractivity contribution is 0.654. The maximum Gasteiger partial charge on any atom is 0.0314 e. The minimum atomic E-state index is 0.0407. The molecule has 0 saturated heterocycles. The maximum atomic E-state index is 4.25. The molecule has 16 heavy (non-hydrogen) atoms. The molecule has 1 aliphatic rings. The first-order valence-electron chi connectivity index (χ1n) is 5.36. The summed E-state index contributed by atoms with van der Waals surface area (Å²) < 4.78 is 1.19. The van der Waals surface area contributed by atoms with Gasteiger partial charge in [0.1, 0.15) is 0 Å². The Morgan fingerprint density at radius 1 is 1.12 bits per heavy atom. The summed E-state index contributed by atoms with van der Waals surface area (Å²) in [6.07, 6.45) is 3.85. The minimum Gasteiger partial charge on any atom is -0.264 e. The highest BCUT2D eigenvalue weighted by atomic mass is 79.9. The van der Waals surface area contributed by atoms with Crippen LogP contribution >= 0.6 is 15.9 Å². The summed E-state index contributed by atoms with van der Waals surface area (Å²) in [6, 6.07) is 8.50. The summed E-state index contributed by atoms with van der Waals surface area (Å²) in [6.45, 7) is 4.51. The van der Waals surface area contributed by atoms with E-state index in [-0.39, 0.29) is 5.41 Å². The average molecular weight is 274 g/mol. The van der Waals surface area contributed by atoms with Crippen molar-refractivity contribution in [2.45, 2.75) is 19.3 Å². The lowest BCUT2D eigenvalue weighted by Gasteiger charge is -2.21. The van der Waals surface area contributed by atoms with Crippen LogP contribution in [0.4, 0.5) is 0 Å². The summed E-state index contributed by atoms with van der Waals surface area (Å²) >= 11 is 3.66. The highest BCUT2D eigenvalue weighted by Gasteiger charge is 2.36. The molecule has 0 saturated carbocycles. The topological polar surface area (TPSA) is 12.9 Å². The predicted octanol–water partition coefficient (Wildman–Crippen LogP) is 4.15. The first kappa shape index (κ1) is 10.0. The third kappa shape index (κ3) is 1.14. The number of rotatable bonds is 0. The van der Waals surface area contributed by atoms with Gasteiger partial charge in [-0.15, -0.1) is 0 Å². The maximum absolute atomic E-state index is 4.25. The Morgan fingerprint density at radius 2 is 1.94 bits per heavy atom. The first-order valence-corrected chi connectivity index (χ1v) is 6.15. The molecule has 0 aliphatic heterocycles. The number of benzene rings is 1. The third-order valence-corrected chi connectivity index (χ3v) is 4.08. The standard InChI is InChI=1S/C14H12BrN/c1-14(2)11-8-16-7-6-9(11)10-4-3-5-12(15)13(10)14/h3-8H,1-2H3. The zero-order valence-electron chi connectivity index (χ0n) is 9.29. The van der Waals surface area contributed by atoms with Crippen molar-refractivity contribution in [1.82, 2.24) is 4.98 Å². The van der Waals surface area contributed by atoms with Crippen LogP contribution < -0.4 is 0 Å². The lowest BCUT2D eigenvalue weighted by atomic mass is 9.83. The molecule has 80 valence electrons. The van der Waals surface area contributed by atoms with Gasteiger partial charge in [0.25, 0.3) is 0 Å². The van der Waals surface area contributed by atoms with Crippen molar-refractivity contribution >= 4 is 15.9 Å². The Bertz CT molecular complexity index is 573. The Balaban J connectivity index is 2.44. The molecule has 0 fully saturated rings. The molecule has 1 heterocycles. The Morgan fingerprint density at radius 3 is 2.75 bits per heavy atom. The number of halogens is 1. The van der Waals surface area contributed by atoms with Gasteiger partial charge in [-0.2, -0.15) is 0 Å².